The number of hydrogen-bond acceptors (Lipinski definition) is 4. The van der Waals surface area contributed by atoms with Crippen LogP contribution in [0, 0.1) is 0 Å². The van der Waals surface area contributed by atoms with Gasteiger partial charge in [-0.15, -0.1) is 0 Å². The standard InChI is InChI=1S/C24H39O4P/c1-10-16-22(19(7)13-4)26-29(25,27-23(17-11-2)20(8)14-5)28-24(18-12-3)21(9)15-6/h16-18H,7-15H2,1-6H3/b22-16-,23-17-,24-18-. The molecule has 5 heteroatoms. The predicted octanol–water partition coefficient (Wildman–Crippen LogP) is 8.92. The summed E-state index contributed by atoms with van der Waals surface area (Å²) in [6, 6.07) is 0. The van der Waals surface area contributed by atoms with Gasteiger partial charge in [-0.3, -0.25) is 0 Å². The quantitative estimate of drug-likeness (QED) is 0.150. The molecule has 0 N–H and O–H groups in total. The Morgan fingerprint density at radius 2 is 0.862 bits per heavy atom. The zero-order chi connectivity index (χ0) is 22.4. The van der Waals surface area contributed by atoms with E-state index in [0.29, 0.717) is 55.8 Å². The minimum Gasteiger partial charge on any atom is -0.386 e. The smallest absolute Gasteiger partial charge is 0.386 e. The summed E-state index contributed by atoms with van der Waals surface area (Å²) >= 11 is 0. The van der Waals surface area contributed by atoms with Crippen LogP contribution < -0.4 is 0 Å². The van der Waals surface area contributed by atoms with Gasteiger partial charge in [0.05, 0.1) is 0 Å². The Labute approximate surface area is 178 Å². The lowest BCUT2D eigenvalue weighted by atomic mass is 10.2. The van der Waals surface area contributed by atoms with Crippen molar-refractivity contribution < 1.29 is 18.1 Å². The predicted molar refractivity (Wildman–Crippen MR) is 124 cm³/mol. The van der Waals surface area contributed by atoms with Crippen molar-refractivity contribution in [3.05, 3.63) is 72.0 Å². The molecule has 0 heterocycles. The molecule has 0 radical (unpaired) electrons. The van der Waals surface area contributed by atoms with Crippen molar-refractivity contribution in [3.8, 4) is 0 Å². The van der Waals surface area contributed by atoms with Crippen molar-refractivity contribution in [2.75, 3.05) is 0 Å². The number of allylic oxidation sites excluding steroid dienone is 6. The Kier molecular flexibility index (Phi) is 13.2. The molecule has 0 unspecified atom stereocenters. The van der Waals surface area contributed by atoms with Crippen molar-refractivity contribution >= 4 is 7.82 Å². The maximum atomic E-state index is 13.8. The van der Waals surface area contributed by atoms with E-state index in [2.05, 4.69) is 19.7 Å². The summed E-state index contributed by atoms with van der Waals surface area (Å²) in [4.78, 5) is 0. The molecule has 0 fully saturated rings. The molecule has 0 aliphatic carbocycles. The van der Waals surface area contributed by atoms with Gasteiger partial charge in [0.25, 0.3) is 0 Å². The largest absolute Gasteiger partial charge is 0.647 e. The van der Waals surface area contributed by atoms with Gasteiger partial charge in [0.15, 0.2) is 0 Å². The monoisotopic (exact) mass is 422 g/mol. The second-order valence-electron chi connectivity index (χ2n) is 6.52. The first-order chi connectivity index (χ1) is 13.7. The number of hydrogen-bond donors (Lipinski definition) is 0. The minimum absolute atomic E-state index is 0.425. The molecule has 0 aromatic carbocycles. The van der Waals surface area contributed by atoms with Crippen LogP contribution in [0.3, 0.4) is 0 Å². The molecular weight excluding hydrogens is 383 g/mol. The molecule has 0 rings (SSSR count). The van der Waals surface area contributed by atoms with E-state index in [0.717, 1.165) is 16.7 Å². The Morgan fingerprint density at radius 3 is 1.03 bits per heavy atom. The van der Waals surface area contributed by atoms with E-state index >= 15 is 0 Å². The average molecular weight is 423 g/mol. The maximum Gasteiger partial charge on any atom is 0.647 e. The summed E-state index contributed by atoms with van der Waals surface area (Å²) in [7, 11) is -4.07. The summed E-state index contributed by atoms with van der Waals surface area (Å²) < 4.78 is 31.5. The first kappa shape index (κ1) is 27.1. The van der Waals surface area contributed by atoms with Crippen molar-refractivity contribution in [1.29, 1.82) is 0 Å². The molecule has 0 spiro atoms. The molecule has 0 saturated heterocycles. The van der Waals surface area contributed by atoms with E-state index in [9.17, 15) is 4.57 Å². The van der Waals surface area contributed by atoms with Crippen LogP contribution in [-0.2, 0) is 18.1 Å². The summed E-state index contributed by atoms with van der Waals surface area (Å²) in [5.74, 6) is 1.28. The summed E-state index contributed by atoms with van der Waals surface area (Å²) in [5, 5.41) is 0. The highest BCUT2D eigenvalue weighted by Gasteiger charge is 2.36. The van der Waals surface area contributed by atoms with Crippen LogP contribution in [0.4, 0.5) is 0 Å². The van der Waals surface area contributed by atoms with Gasteiger partial charge in [-0.05, 0) is 73.5 Å². The van der Waals surface area contributed by atoms with E-state index in [1.807, 2.05) is 59.8 Å². The number of rotatable bonds is 15. The first-order valence-electron chi connectivity index (χ1n) is 10.5. The van der Waals surface area contributed by atoms with Gasteiger partial charge in [-0.1, -0.05) is 61.3 Å². The fourth-order valence-electron chi connectivity index (χ4n) is 2.23. The maximum absolute atomic E-state index is 13.8. The third-order valence-corrected chi connectivity index (χ3v) is 5.39. The molecule has 0 aliphatic heterocycles. The van der Waals surface area contributed by atoms with Crippen molar-refractivity contribution in [2.45, 2.75) is 80.1 Å². The molecule has 29 heavy (non-hydrogen) atoms. The molecule has 0 aromatic heterocycles. The molecule has 164 valence electrons. The number of phosphoric acid groups is 1. The molecular formula is C24H39O4P. The summed E-state index contributed by atoms with van der Waals surface area (Å²) in [6.45, 7) is 23.9. The molecule has 4 nitrogen and oxygen atoms in total. The highest BCUT2D eigenvalue weighted by atomic mass is 31.2. The third-order valence-electron chi connectivity index (χ3n) is 4.12. The topological polar surface area (TPSA) is 44.8 Å². The lowest BCUT2D eigenvalue weighted by molar-refractivity contribution is 0.198. The van der Waals surface area contributed by atoms with Gasteiger partial charge in [0.1, 0.15) is 17.3 Å². The zero-order valence-corrected chi connectivity index (χ0v) is 20.1. The van der Waals surface area contributed by atoms with Crippen LogP contribution >= 0.6 is 7.82 Å². The van der Waals surface area contributed by atoms with Gasteiger partial charge in [0, 0.05) is 0 Å². The van der Waals surface area contributed by atoms with E-state index in [1.165, 1.54) is 0 Å². The van der Waals surface area contributed by atoms with Crippen LogP contribution in [0.5, 0.6) is 0 Å². The minimum atomic E-state index is -4.07. The fourth-order valence-corrected chi connectivity index (χ4v) is 3.68. The van der Waals surface area contributed by atoms with Crippen LogP contribution in [0.15, 0.2) is 72.0 Å². The van der Waals surface area contributed by atoms with Crippen LogP contribution in [-0.4, -0.2) is 0 Å². The molecule has 0 saturated carbocycles. The van der Waals surface area contributed by atoms with Crippen LogP contribution in [0.25, 0.3) is 0 Å². The Balaban J connectivity index is 6.24. The molecule has 0 amide bonds. The Hall–Kier alpha value is -1.93. The SMILES string of the molecule is C=C(CC)/C(=C/CC)OP(=O)(O/C(=C\CC)C(=C)CC)O/C(=C\CC)C(=C)CC. The Bertz CT molecular complexity index is 615. The highest BCUT2D eigenvalue weighted by molar-refractivity contribution is 7.48. The molecule has 0 atom stereocenters. The Morgan fingerprint density at radius 1 is 0.621 bits per heavy atom. The summed E-state index contributed by atoms with van der Waals surface area (Å²) in [6.07, 6.45) is 9.58. The third kappa shape index (κ3) is 9.41. The second kappa shape index (κ2) is 14.1. The van der Waals surface area contributed by atoms with Gasteiger partial charge in [-0.25, -0.2) is 0 Å². The van der Waals surface area contributed by atoms with Gasteiger partial charge in [-0.2, -0.15) is 4.57 Å². The van der Waals surface area contributed by atoms with E-state index in [1.54, 1.807) is 0 Å². The molecule has 0 aromatic rings. The van der Waals surface area contributed by atoms with Crippen molar-refractivity contribution in [2.24, 2.45) is 0 Å². The van der Waals surface area contributed by atoms with Crippen LogP contribution in [0.1, 0.15) is 80.1 Å². The first-order valence-corrected chi connectivity index (χ1v) is 12.0. The van der Waals surface area contributed by atoms with Crippen LogP contribution in [0.2, 0.25) is 0 Å². The van der Waals surface area contributed by atoms with Gasteiger partial charge >= 0.3 is 7.82 Å². The second-order valence-corrected chi connectivity index (χ2v) is 7.96. The lowest BCUT2D eigenvalue weighted by Gasteiger charge is -2.24. The van der Waals surface area contributed by atoms with Gasteiger partial charge < -0.3 is 13.6 Å². The zero-order valence-electron chi connectivity index (χ0n) is 19.2. The van der Waals surface area contributed by atoms with Gasteiger partial charge in [0.2, 0.25) is 0 Å². The summed E-state index contributed by atoms with van der Waals surface area (Å²) in [5.41, 5.74) is 2.18. The number of phosphoric ester groups is 1. The average Bonchev–Trinajstić information content (AvgIpc) is 2.70. The lowest BCUT2D eigenvalue weighted by Crippen LogP contribution is -2.05. The van der Waals surface area contributed by atoms with Crippen molar-refractivity contribution in [1.82, 2.24) is 0 Å². The molecule has 0 bridgehead atoms. The van der Waals surface area contributed by atoms with Crippen molar-refractivity contribution in [3.63, 3.8) is 0 Å². The fraction of sp³-hybridized carbons (Fsp3) is 0.500. The molecule has 0 aliphatic rings. The van der Waals surface area contributed by atoms with E-state index in [4.69, 9.17) is 13.6 Å². The highest BCUT2D eigenvalue weighted by Crippen LogP contribution is 2.57. The van der Waals surface area contributed by atoms with E-state index in [-0.39, 0.29) is 0 Å². The normalized spacial score (nSPS) is 13.1. The van der Waals surface area contributed by atoms with E-state index < -0.39 is 7.82 Å².